The lowest BCUT2D eigenvalue weighted by Crippen LogP contribution is -2.59. The van der Waals surface area contributed by atoms with Crippen molar-refractivity contribution in [3.63, 3.8) is 0 Å². The number of imide groups is 1. The van der Waals surface area contributed by atoms with E-state index >= 15 is 0 Å². The minimum Gasteiger partial charge on any atom is -0.460 e. The number of rotatable bonds is 21. The summed E-state index contributed by atoms with van der Waals surface area (Å²) in [6.45, 7) is 0.949. The fourth-order valence-corrected chi connectivity index (χ4v) is 9.84. The van der Waals surface area contributed by atoms with Crippen molar-refractivity contribution in [2.75, 3.05) is 18.5 Å². The first kappa shape index (κ1) is 46.5. The van der Waals surface area contributed by atoms with Crippen LogP contribution in [0, 0.1) is 0 Å². The lowest BCUT2D eigenvalue weighted by Gasteiger charge is -2.35. The standard InChI is InChI=1S/C43H46ClN7O10S2/c1-2-3-4-5-6-7-8-9-10-14-21-35(52)49-62(57,58)30-22-23-34(33(44)28-30)47-39(53)36(51-41(54)31-19-15-16-20-32(31)42(51)55)38-48-37-40(46-25-24-45-37)63(59,60)50(38)26-27-61-43(56)29-17-12-11-13-18-29/h11-13,15-20,22-25,28,36H,2-10,14,21,26-27H2,1H3,(H,47,53)(H,49,52). The molecule has 2 N–H and O–H groups in total. The van der Waals surface area contributed by atoms with E-state index in [1.165, 1.54) is 68.5 Å². The number of amidine groups is 1. The largest absolute Gasteiger partial charge is 0.460 e. The summed E-state index contributed by atoms with van der Waals surface area (Å²) in [5.41, 5.74) is -0.187. The van der Waals surface area contributed by atoms with Crippen molar-refractivity contribution >= 4 is 78.6 Å². The van der Waals surface area contributed by atoms with E-state index in [-0.39, 0.29) is 33.8 Å². The van der Waals surface area contributed by atoms with Gasteiger partial charge in [0.1, 0.15) is 6.61 Å². The van der Waals surface area contributed by atoms with Gasteiger partial charge < -0.3 is 10.1 Å². The second-order valence-electron chi connectivity index (χ2n) is 14.8. The van der Waals surface area contributed by atoms with Crippen LogP contribution in [0.1, 0.15) is 109 Å². The van der Waals surface area contributed by atoms with Crippen LogP contribution in [0.15, 0.2) is 100 Å². The normalized spacial score (nSPS) is 14.7. The number of ether oxygens (including phenoxy) is 1. The molecule has 4 amide bonds. The van der Waals surface area contributed by atoms with E-state index in [0.717, 1.165) is 56.3 Å². The number of esters is 1. The van der Waals surface area contributed by atoms with Crippen molar-refractivity contribution < 1.29 is 45.5 Å². The molecule has 1 aromatic heterocycles. The molecule has 0 aliphatic carbocycles. The van der Waals surface area contributed by atoms with E-state index in [2.05, 4.69) is 27.2 Å². The molecule has 17 nitrogen and oxygen atoms in total. The van der Waals surface area contributed by atoms with Gasteiger partial charge in [-0.05, 0) is 48.9 Å². The minimum atomic E-state index is -4.75. The Morgan fingerprint density at radius 3 is 2.05 bits per heavy atom. The molecule has 63 heavy (non-hydrogen) atoms. The highest BCUT2D eigenvalue weighted by Gasteiger charge is 2.50. The fraction of sp³-hybridized carbons (Fsp3) is 0.349. The third-order valence-corrected chi connectivity index (χ3v) is 13.7. The summed E-state index contributed by atoms with van der Waals surface area (Å²) in [7, 11) is -9.15. The predicted octanol–water partition coefficient (Wildman–Crippen LogP) is 6.44. The number of sulfonamides is 2. The Bertz CT molecular complexity index is 2590. The molecule has 0 fully saturated rings. The van der Waals surface area contributed by atoms with Gasteiger partial charge in [-0.25, -0.2) is 37.2 Å². The van der Waals surface area contributed by atoms with E-state index in [9.17, 15) is 40.8 Å². The summed E-state index contributed by atoms with van der Waals surface area (Å²) < 4.78 is 62.9. The van der Waals surface area contributed by atoms with Crippen molar-refractivity contribution in [2.24, 2.45) is 4.99 Å². The number of nitrogens with one attached hydrogen (secondary N) is 2. The smallest absolute Gasteiger partial charge is 0.338 e. The summed E-state index contributed by atoms with van der Waals surface area (Å²) in [5, 5.41) is 1.54. The van der Waals surface area contributed by atoms with Crippen molar-refractivity contribution in [2.45, 2.75) is 93.5 Å². The Labute approximate surface area is 370 Å². The maximum Gasteiger partial charge on any atom is 0.338 e. The van der Waals surface area contributed by atoms with Crippen molar-refractivity contribution in [3.05, 3.63) is 107 Å². The van der Waals surface area contributed by atoms with Gasteiger partial charge in [0.05, 0.1) is 38.8 Å². The average molecular weight is 920 g/mol. The van der Waals surface area contributed by atoms with E-state index in [4.69, 9.17) is 16.3 Å². The number of aliphatic imine (C=N–C) groups is 1. The van der Waals surface area contributed by atoms with Crippen LogP contribution in [0.25, 0.3) is 0 Å². The number of aromatic nitrogens is 2. The Balaban J connectivity index is 1.23. The van der Waals surface area contributed by atoms with Gasteiger partial charge in [0.25, 0.3) is 37.8 Å². The second kappa shape index (κ2) is 20.9. The van der Waals surface area contributed by atoms with Gasteiger partial charge in [0.15, 0.2) is 17.7 Å². The van der Waals surface area contributed by atoms with Crippen molar-refractivity contribution in [3.8, 4) is 0 Å². The number of unbranched alkanes of at least 4 members (excludes halogenated alkanes) is 9. The predicted molar refractivity (Wildman–Crippen MR) is 232 cm³/mol. The number of amides is 4. The molecule has 332 valence electrons. The molecule has 3 heterocycles. The number of fused-ring (bicyclic) bond motifs is 2. The topological polar surface area (TPSA) is 232 Å². The SMILES string of the molecule is CCCCCCCCCCCCC(=O)NS(=O)(=O)c1ccc(NC(=O)C(C2=Nc3nccnc3S(=O)(=O)N2CCOC(=O)c2ccccc2)N2C(=O)c3ccccc3C2=O)c(Cl)c1. The first-order chi connectivity index (χ1) is 30.2. The summed E-state index contributed by atoms with van der Waals surface area (Å²) in [6.07, 6.45) is 12.7. The molecule has 3 aromatic carbocycles. The number of carbonyl (C=O) groups is 5. The maximum atomic E-state index is 14.6. The van der Waals surface area contributed by atoms with Crippen LogP contribution >= 0.6 is 11.6 Å². The number of carbonyl (C=O) groups excluding carboxylic acids is 5. The Hall–Kier alpha value is -6.05. The molecule has 0 radical (unpaired) electrons. The summed E-state index contributed by atoms with van der Waals surface area (Å²) in [6, 6.07) is 14.7. The Morgan fingerprint density at radius 2 is 1.41 bits per heavy atom. The van der Waals surface area contributed by atoms with Gasteiger partial charge in [-0.2, -0.15) is 8.42 Å². The first-order valence-electron chi connectivity index (χ1n) is 20.5. The lowest BCUT2D eigenvalue weighted by molar-refractivity contribution is -0.119. The van der Waals surface area contributed by atoms with Gasteiger partial charge in [0.2, 0.25) is 10.9 Å². The van der Waals surface area contributed by atoms with Gasteiger partial charge in [-0.3, -0.25) is 24.1 Å². The van der Waals surface area contributed by atoms with E-state index in [1.54, 1.807) is 18.2 Å². The van der Waals surface area contributed by atoms with E-state index < -0.39 is 90.4 Å². The van der Waals surface area contributed by atoms with Crippen LogP contribution in [-0.4, -0.2) is 90.6 Å². The van der Waals surface area contributed by atoms with Gasteiger partial charge in [-0.1, -0.05) is 107 Å². The Kier molecular flexibility index (Phi) is 15.4. The lowest BCUT2D eigenvalue weighted by atomic mass is 10.1. The highest BCUT2D eigenvalue weighted by molar-refractivity contribution is 7.90. The molecule has 2 aliphatic rings. The quantitative estimate of drug-likeness (QED) is 0.0522. The highest BCUT2D eigenvalue weighted by Crippen LogP contribution is 2.34. The number of benzene rings is 3. The zero-order valence-electron chi connectivity index (χ0n) is 34.4. The van der Waals surface area contributed by atoms with Crippen molar-refractivity contribution in [1.82, 2.24) is 23.9 Å². The molecule has 0 saturated heterocycles. The van der Waals surface area contributed by atoms with Crippen molar-refractivity contribution in [1.29, 1.82) is 0 Å². The number of halogens is 1. The molecule has 0 spiro atoms. The molecule has 1 atom stereocenters. The fourth-order valence-electron chi connectivity index (χ4n) is 7.07. The molecule has 0 saturated carbocycles. The number of nitrogens with zero attached hydrogens (tertiary/aromatic N) is 5. The van der Waals surface area contributed by atoms with E-state index in [1.807, 2.05) is 4.72 Å². The third kappa shape index (κ3) is 11.0. The molecule has 20 heteroatoms. The molecule has 1 unspecified atom stereocenters. The number of hydrogen-bond acceptors (Lipinski definition) is 13. The first-order valence-corrected chi connectivity index (χ1v) is 23.8. The summed E-state index contributed by atoms with van der Waals surface area (Å²) >= 11 is 6.52. The zero-order valence-corrected chi connectivity index (χ0v) is 36.8. The van der Waals surface area contributed by atoms with Crippen LogP contribution < -0.4 is 10.0 Å². The van der Waals surface area contributed by atoms with Crippen LogP contribution in [0.3, 0.4) is 0 Å². The number of anilines is 1. The maximum absolute atomic E-state index is 14.6. The third-order valence-electron chi connectivity index (χ3n) is 10.3. The zero-order chi connectivity index (χ0) is 45.1. The molecule has 0 bridgehead atoms. The number of hydrogen-bond donors (Lipinski definition) is 2. The Morgan fingerprint density at radius 1 is 0.810 bits per heavy atom. The van der Waals surface area contributed by atoms with Crippen LogP contribution in [0.4, 0.5) is 11.5 Å². The van der Waals surface area contributed by atoms with Gasteiger partial charge >= 0.3 is 5.97 Å². The highest BCUT2D eigenvalue weighted by atomic mass is 35.5. The summed E-state index contributed by atoms with van der Waals surface area (Å²) in [4.78, 5) is 80.4. The van der Waals surface area contributed by atoms with Crippen LogP contribution in [0.2, 0.25) is 5.02 Å². The van der Waals surface area contributed by atoms with Gasteiger partial charge in [0, 0.05) is 18.8 Å². The van der Waals surface area contributed by atoms with Crippen LogP contribution in [0.5, 0.6) is 0 Å². The minimum absolute atomic E-state index is 0.00105. The summed E-state index contributed by atoms with van der Waals surface area (Å²) in [5.74, 6) is -5.73. The van der Waals surface area contributed by atoms with Gasteiger partial charge in [-0.15, -0.1) is 0 Å². The average Bonchev–Trinajstić information content (AvgIpc) is 3.51. The molecular formula is C43H46ClN7O10S2. The molecule has 6 rings (SSSR count). The second-order valence-corrected chi connectivity index (χ2v) is 18.6. The monoisotopic (exact) mass is 919 g/mol. The molecule has 4 aromatic rings. The molecular weight excluding hydrogens is 874 g/mol. The molecule has 2 aliphatic heterocycles. The van der Waals surface area contributed by atoms with E-state index in [0.29, 0.717) is 15.6 Å². The van der Waals surface area contributed by atoms with Crippen LogP contribution in [-0.2, 0) is 34.4 Å².